The fraction of sp³-hybridized carbons (Fsp3) is 0.312. The molecule has 3 aromatic heterocycles. The van der Waals surface area contributed by atoms with Gasteiger partial charge in [-0.1, -0.05) is 0 Å². The van der Waals surface area contributed by atoms with E-state index in [4.69, 9.17) is 4.74 Å². The first-order valence-corrected chi connectivity index (χ1v) is 8.37. The van der Waals surface area contributed by atoms with Crippen LogP contribution in [0.1, 0.15) is 5.56 Å². The Morgan fingerprint density at radius 1 is 1.30 bits per heavy atom. The molecule has 1 N–H and O–H groups in total. The van der Waals surface area contributed by atoms with Crippen molar-refractivity contribution >= 4 is 27.4 Å². The van der Waals surface area contributed by atoms with Crippen LogP contribution in [-0.4, -0.2) is 41.3 Å². The number of anilines is 1. The van der Waals surface area contributed by atoms with Crippen molar-refractivity contribution in [2.24, 2.45) is 0 Å². The number of thiophene rings is 1. The van der Waals surface area contributed by atoms with Crippen molar-refractivity contribution in [3.05, 3.63) is 39.6 Å². The predicted molar refractivity (Wildman–Crippen MR) is 91.2 cm³/mol. The lowest BCUT2D eigenvalue weighted by atomic mass is 10.2. The second-order valence-corrected chi connectivity index (χ2v) is 6.38. The molecule has 0 radical (unpaired) electrons. The van der Waals surface area contributed by atoms with Gasteiger partial charge in [-0.25, -0.2) is 9.97 Å². The normalized spacial score (nSPS) is 15.3. The van der Waals surface area contributed by atoms with Gasteiger partial charge in [0.25, 0.3) is 5.56 Å². The minimum absolute atomic E-state index is 0.0963. The summed E-state index contributed by atoms with van der Waals surface area (Å²) >= 11 is 1.49. The van der Waals surface area contributed by atoms with Crippen LogP contribution in [0.15, 0.2) is 28.5 Å². The van der Waals surface area contributed by atoms with Gasteiger partial charge < -0.3 is 14.6 Å². The Hall–Kier alpha value is -2.25. The molecule has 23 heavy (non-hydrogen) atoms. The number of rotatable bonds is 2. The number of hydrogen-bond donors (Lipinski definition) is 1. The van der Waals surface area contributed by atoms with Crippen LogP contribution in [0.4, 0.5) is 5.82 Å². The first-order chi connectivity index (χ1) is 11.2. The standard InChI is InChI=1S/C16H16N4O2S/c1-10-9-23-16-13(10)15(21)18-14(19-16)11-2-3-12(17-8-11)20-4-6-22-7-5-20/h2-3,8-9H,4-7H2,1H3,(H,18,19,21). The van der Waals surface area contributed by atoms with Crippen molar-refractivity contribution in [3.63, 3.8) is 0 Å². The average Bonchev–Trinajstić information content (AvgIpc) is 2.97. The molecule has 1 fully saturated rings. The smallest absolute Gasteiger partial charge is 0.260 e. The maximum absolute atomic E-state index is 12.2. The van der Waals surface area contributed by atoms with Gasteiger partial charge in [-0.3, -0.25) is 4.79 Å². The number of ether oxygens (including phenoxy) is 1. The van der Waals surface area contributed by atoms with Crippen molar-refractivity contribution in [1.82, 2.24) is 15.0 Å². The first kappa shape index (κ1) is 14.3. The van der Waals surface area contributed by atoms with Crippen LogP contribution in [0.2, 0.25) is 0 Å². The quantitative estimate of drug-likeness (QED) is 0.781. The average molecular weight is 328 g/mol. The molecular formula is C16H16N4O2S. The SMILES string of the molecule is Cc1csc2nc(-c3ccc(N4CCOCC4)nc3)[nH]c(=O)c12. The highest BCUT2D eigenvalue weighted by atomic mass is 32.1. The fourth-order valence-corrected chi connectivity index (χ4v) is 3.65. The molecule has 0 aliphatic carbocycles. The summed E-state index contributed by atoms with van der Waals surface area (Å²) in [6.07, 6.45) is 1.76. The van der Waals surface area contributed by atoms with Gasteiger partial charge in [0.05, 0.1) is 18.6 Å². The van der Waals surface area contributed by atoms with E-state index < -0.39 is 0 Å². The van der Waals surface area contributed by atoms with Gasteiger partial charge in [-0.15, -0.1) is 11.3 Å². The third-order valence-corrected chi connectivity index (χ3v) is 4.97. The molecule has 4 heterocycles. The number of hydrogen-bond acceptors (Lipinski definition) is 6. The van der Waals surface area contributed by atoms with Gasteiger partial charge in [0.1, 0.15) is 16.5 Å². The van der Waals surface area contributed by atoms with Crippen molar-refractivity contribution < 1.29 is 4.74 Å². The summed E-state index contributed by atoms with van der Waals surface area (Å²) in [4.78, 5) is 27.1. The van der Waals surface area contributed by atoms with Gasteiger partial charge >= 0.3 is 0 Å². The highest BCUT2D eigenvalue weighted by Gasteiger charge is 2.13. The third kappa shape index (κ3) is 2.62. The van der Waals surface area contributed by atoms with E-state index in [0.29, 0.717) is 11.2 Å². The lowest BCUT2D eigenvalue weighted by Crippen LogP contribution is -2.36. The predicted octanol–water partition coefficient (Wildman–Crippen LogP) is 2.19. The molecule has 1 saturated heterocycles. The van der Waals surface area contributed by atoms with Crippen LogP contribution in [0.3, 0.4) is 0 Å². The molecule has 1 aliphatic heterocycles. The number of fused-ring (bicyclic) bond motifs is 1. The Bertz CT molecular complexity index is 895. The van der Waals surface area contributed by atoms with Crippen LogP contribution in [0.25, 0.3) is 21.6 Å². The Kier molecular flexibility index (Phi) is 3.59. The summed E-state index contributed by atoms with van der Waals surface area (Å²) < 4.78 is 5.35. The number of aromatic amines is 1. The highest BCUT2D eigenvalue weighted by molar-refractivity contribution is 7.16. The fourth-order valence-electron chi connectivity index (χ4n) is 2.73. The van der Waals surface area contributed by atoms with Gasteiger partial charge in [-0.2, -0.15) is 0 Å². The Morgan fingerprint density at radius 3 is 2.87 bits per heavy atom. The van der Waals surface area contributed by atoms with Crippen LogP contribution < -0.4 is 10.5 Å². The van der Waals surface area contributed by atoms with Crippen molar-refractivity contribution in [3.8, 4) is 11.4 Å². The third-order valence-electron chi connectivity index (χ3n) is 3.98. The maximum atomic E-state index is 12.2. The molecule has 0 saturated carbocycles. The van der Waals surface area contributed by atoms with E-state index in [1.807, 2.05) is 24.4 Å². The number of H-pyrrole nitrogens is 1. The van der Waals surface area contributed by atoms with E-state index >= 15 is 0 Å². The van der Waals surface area contributed by atoms with Crippen LogP contribution in [0, 0.1) is 6.92 Å². The number of pyridine rings is 1. The number of morpholine rings is 1. The minimum Gasteiger partial charge on any atom is -0.378 e. The van der Waals surface area contributed by atoms with Gasteiger partial charge in [-0.05, 0) is 30.0 Å². The van der Waals surface area contributed by atoms with Gasteiger partial charge in [0.2, 0.25) is 0 Å². The highest BCUT2D eigenvalue weighted by Crippen LogP contribution is 2.23. The maximum Gasteiger partial charge on any atom is 0.260 e. The molecule has 0 atom stereocenters. The monoisotopic (exact) mass is 328 g/mol. The molecular weight excluding hydrogens is 312 g/mol. The van der Waals surface area contributed by atoms with Gasteiger partial charge in [0, 0.05) is 24.8 Å². The number of aromatic nitrogens is 3. The zero-order chi connectivity index (χ0) is 15.8. The molecule has 1 aliphatic rings. The van der Waals surface area contributed by atoms with Crippen molar-refractivity contribution in [2.75, 3.05) is 31.2 Å². The molecule has 3 aromatic rings. The molecule has 0 aromatic carbocycles. The van der Waals surface area contributed by atoms with Crippen LogP contribution >= 0.6 is 11.3 Å². The zero-order valence-electron chi connectivity index (χ0n) is 12.7. The molecule has 0 bridgehead atoms. The molecule has 7 heteroatoms. The number of aryl methyl sites for hydroxylation is 1. The number of nitrogens with zero attached hydrogens (tertiary/aromatic N) is 3. The summed E-state index contributed by atoms with van der Waals surface area (Å²) in [7, 11) is 0. The van der Waals surface area contributed by atoms with E-state index in [0.717, 1.165) is 48.1 Å². The van der Waals surface area contributed by atoms with Crippen molar-refractivity contribution in [1.29, 1.82) is 0 Å². The lowest BCUT2D eigenvalue weighted by Gasteiger charge is -2.27. The van der Waals surface area contributed by atoms with Crippen molar-refractivity contribution in [2.45, 2.75) is 6.92 Å². The summed E-state index contributed by atoms with van der Waals surface area (Å²) in [5.41, 5.74) is 1.68. The van der Waals surface area contributed by atoms with Gasteiger partial charge in [0.15, 0.2) is 0 Å². The molecule has 4 rings (SSSR count). The first-order valence-electron chi connectivity index (χ1n) is 7.49. The number of nitrogens with one attached hydrogen (secondary N) is 1. The summed E-state index contributed by atoms with van der Waals surface area (Å²) in [5, 5.41) is 2.63. The Labute approximate surface area is 136 Å². The largest absolute Gasteiger partial charge is 0.378 e. The summed E-state index contributed by atoms with van der Waals surface area (Å²) in [5.74, 6) is 1.48. The summed E-state index contributed by atoms with van der Waals surface area (Å²) in [6.45, 7) is 5.08. The second kappa shape index (κ2) is 5.75. The second-order valence-electron chi connectivity index (χ2n) is 5.52. The minimum atomic E-state index is -0.0963. The van der Waals surface area contributed by atoms with E-state index in [1.165, 1.54) is 11.3 Å². The molecule has 0 spiro atoms. The lowest BCUT2D eigenvalue weighted by molar-refractivity contribution is 0.122. The zero-order valence-corrected chi connectivity index (χ0v) is 13.5. The Balaban J connectivity index is 1.69. The van der Waals surface area contributed by atoms with E-state index in [2.05, 4.69) is 19.9 Å². The van der Waals surface area contributed by atoms with E-state index in [1.54, 1.807) is 6.20 Å². The van der Waals surface area contributed by atoms with Crippen LogP contribution in [-0.2, 0) is 4.74 Å². The van der Waals surface area contributed by atoms with E-state index in [9.17, 15) is 4.79 Å². The topological polar surface area (TPSA) is 71.1 Å². The van der Waals surface area contributed by atoms with E-state index in [-0.39, 0.29) is 5.56 Å². The molecule has 6 nitrogen and oxygen atoms in total. The summed E-state index contributed by atoms with van der Waals surface area (Å²) in [6, 6.07) is 3.91. The molecule has 118 valence electrons. The van der Waals surface area contributed by atoms with Crippen LogP contribution in [0.5, 0.6) is 0 Å². The molecule has 0 unspecified atom stereocenters. The Morgan fingerprint density at radius 2 is 2.13 bits per heavy atom. The molecule has 0 amide bonds.